The number of Topliss-reactive ketones (excluding diaryl/α,β-unsaturated/α-hetero) is 2. The van der Waals surface area contributed by atoms with E-state index in [1.54, 1.807) is 116 Å². The molecule has 3 heterocycles. The zero-order valence-corrected chi connectivity index (χ0v) is 62.3. The van der Waals surface area contributed by atoms with Crippen LogP contribution in [0, 0.1) is 33.5 Å². The molecule has 0 aromatic heterocycles. The number of aliphatic hydroxyl groups is 5. The summed E-state index contributed by atoms with van der Waals surface area (Å²) >= 11 is 0. The van der Waals surface area contributed by atoms with E-state index in [1.165, 1.54) is 26.7 Å². The highest BCUT2D eigenvalue weighted by molar-refractivity contribution is 6.74. The second-order valence-electron chi connectivity index (χ2n) is 30.5. The number of carbonyl (C=O) groups is 6. The summed E-state index contributed by atoms with van der Waals surface area (Å²) in [5.74, 6) is -6.66. The van der Waals surface area contributed by atoms with Gasteiger partial charge in [-0.1, -0.05) is 106 Å². The molecule has 5 N–H and O–H groups in total. The summed E-state index contributed by atoms with van der Waals surface area (Å²) in [7, 11) is -8.02. The van der Waals surface area contributed by atoms with Crippen LogP contribution in [0.4, 0.5) is 0 Å². The Bertz CT molecular complexity index is 3440. The average Bonchev–Trinajstić information content (AvgIpc) is 1.11. The largest absolute Gasteiger partial charge is 0.455 e. The van der Waals surface area contributed by atoms with Crippen molar-refractivity contribution in [1.82, 2.24) is 0 Å². The van der Waals surface area contributed by atoms with Crippen LogP contribution in [0.5, 0.6) is 0 Å². The van der Waals surface area contributed by atoms with Crippen LogP contribution >= 0.6 is 0 Å². The molecule has 9 aliphatic rings. The molecule has 98 heavy (non-hydrogen) atoms. The van der Waals surface area contributed by atoms with Crippen LogP contribution in [0.25, 0.3) is 0 Å². The Labute approximate surface area is 584 Å². The van der Waals surface area contributed by atoms with Crippen LogP contribution in [0.2, 0.25) is 36.3 Å². The first-order valence-electron chi connectivity index (χ1n) is 36.9. The smallest absolute Gasteiger partial charge is 0.338 e. The molecule has 6 aliphatic carbocycles. The summed E-state index contributed by atoms with van der Waals surface area (Å²) in [5.41, 5.74) is -12.2. The van der Waals surface area contributed by atoms with Crippen molar-refractivity contribution in [3.63, 3.8) is 0 Å². The molecule has 0 spiro atoms. The van der Waals surface area contributed by atoms with Crippen molar-refractivity contribution >= 4 is 52.1 Å². The summed E-state index contributed by atoms with van der Waals surface area (Å²) in [6.45, 7) is 29.8. The molecule has 23 heteroatoms. The Balaban J connectivity index is 0.000000220. The lowest BCUT2D eigenvalue weighted by Crippen LogP contribution is -2.82. The summed E-state index contributed by atoms with van der Waals surface area (Å²) in [6, 6.07) is 21.0. The molecule has 544 valence electrons. The highest BCUT2D eigenvalue weighted by atomic mass is 28.4. The molecular formula is C75H110O21Si2. The first kappa shape index (κ1) is 72.9. The summed E-state index contributed by atoms with van der Waals surface area (Å²) in [6.07, 6.45) is -10.2. The fourth-order valence-electron chi connectivity index (χ4n) is 18.8. The molecule has 0 unspecified atom stereocenters. The van der Waals surface area contributed by atoms with Gasteiger partial charge in [-0.05, 0) is 123 Å². The summed E-state index contributed by atoms with van der Waals surface area (Å²) in [4.78, 5) is 84.7. The van der Waals surface area contributed by atoms with Crippen molar-refractivity contribution in [3.8, 4) is 0 Å². The number of rotatable bonds is 17. The molecule has 4 bridgehead atoms. The molecule has 2 aromatic carbocycles. The molecule has 2 aromatic rings. The topological polar surface area (TPSA) is 296 Å². The fourth-order valence-corrected chi connectivity index (χ4v) is 24.7. The lowest BCUT2D eigenvalue weighted by atomic mass is 9.44. The maximum absolute atomic E-state index is 15.7. The van der Waals surface area contributed by atoms with Crippen molar-refractivity contribution < 1.29 is 105 Å². The van der Waals surface area contributed by atoms with E-state index in [1.807, 2.05) is 20.8 Å². The number of ketones is 2. The van der Waals surface area contributed by atoms with E-state index < -0.39 is 176 Å². The molecule has 11 rings (SSSR count). The quantitative estimate of drug-likeness (QED) is 0.0426. The highest BCUT2D eigenvalue weighted by Crippen LogP contribution is 2.67. The minimum atomic E-state index is -3.07. The van der Waals surface area contributed by atoms with Crippen LogP contribution in [-0.2, 0) is 65.9 Å². The van der Waals surface area contributed by atoms with E-state index in [0.29, 0.717) is 5.57 Å². The van der Waals surface area contributed by atoms with Crippen molar-refractivity contribution in [2.45, 2.75) is 269 Å². The monoisotopic (exact) mass is 1410 g/mol. The predicted octanol–water partition coefficient (Wildman–Crippen LogP) is 9.67. The van der Waals surface area contributed by atoms with E-state index in [4.69, 9.17) is 50.9 Å². The number of aliphatic hydroxyl groups excluding tert-OH is 3. The Hall–Kier alpha value is -4.87. The Morgan fingerprint density at radius 2 is 0.939 bits per heavy atom. The molecule has 0 radical (unpaired) electrons. The van der Waals surface area contributed by atoms with Crippen molar-refractivity contribution in [2.75, 3.05) is 33.5 Å². The van der Waals surface area contributed by atoms with Gasteiger partial charge in [-0.2, -0.15) is 0 Å². The third-order valence-corrected chi connectivity index (χ3v) is 34.7. The van der Waals surface area contributed by atoms with Crippen molar-refractivity contribution in [2.24, 2.45) is 33.5 Å². The van der Waals surface area contributed by atoms with Gasteiger partial charge in [0.15, 0.2) is 39.4 Å². The Kier molecular flexibility index (Phi) is 21.4. The van der Waals surface area contributed by atoms with E-state index in [0.717, 1.165) is 49.5 Å². The van der Waals surface area contributed by atoms with Crippen molar-refractivity contribution in [1.29, 1.82) is 0 Å². The molecule has 4 saturated carbocycles. The molecule has 0 amide bonds. The molecule has 21 nitrogen and oxygen atoms in total. The molecule has 18 atom stereocenters. The van der Waals surface area contributed by atoms with Gasteiger partial charge in [0.05, 0.1) is 75.5 Å². The van der Waals surface area contributed by atoms with Gasteiger partial charge in [-0.15, -0.1) is 0 Å². The van der Waals surface area contributed by atoms with Gasteiger partial charge in [0.1, 0.15) is 47.8 Å². The van der Waals surface area contributed by atoms with Crippen LogP contribution < -0.4 is 0 Å². The van der Waals surface area contributed by atoms with E-state index in [-0.39, 0.29) is 66.7 Å². The molecular weight excluding hydrogens is 1290 g/mol. The average molecular weight is 1410 g/mol. The minimum absolute atomic E-state index is 0.0950. The lowest BCUT2D eigenvalue weighted by molar-refractivity contribution is -0.344. The number of hydrogen-bond acceptors (Lipinski definition) is 21. The van der Waals surface area contributed by atoms with Crippen LogP contribution in [0.3, 0.4) is 0 Å². The number of benzene rings is 2. The number of hydrogen-bond donors (Lipinski definition) is 5. The Morgan fingerprint density at radius 1 is 0.571 bits per heavy atom. The van der Waals surface area contributed by atoms with E-state index in [2.05, 4.69) is 20.8 Å². The Morgan fingerprint density at radius 3 is 1.27 bits per heavy atom. The van der Waals surface area contributed by atoms with E-state index in [9.17, 15) is 44.7 Å². The van der Waals surface area contributed by atoms with Crippen LogP contribution in [-0.4, -0.2) is 195 Å². The van der Waals surface area contributed by atoms with Gasteiger partial charge in [0.25, 0.3) is 0 Å². The predicted molar refractivity (Wildman–Crippen MR) is 367 cm³/mol. The van der Waals surface area contributed by atoms with E-state index >= 15 is 9.59 Å². The van der Waals surface area contributed by atoms with Gasteiger partial charge >= 0.3 is 23.9 Å². The van der Waals surface area contributed by atoms with Crippen LogP contribution in [0.15, 0.2) is 83.0 Å². The zero-order chi connectivity index (χ0) is 74.8. The second-order valence-corrected chi connectivity index (χ2v) is 39.9. The van der Waals surface area contributed by atoms with Gasteiger partial charge < -0.3 is 72.3 Å². The molecule has 3 aliphatic heterocycles. The number of ether oxygens (including phenoxy) is 8. The van der Waals surface area contributed by atoms with Gasteiger partial charge in [0.2, 0.25) is 0 Å². The zero-order valence-electron chi connectivity index (χ0n) is 63.3. The maximum atomic E-state index is 15.7. The maximum Gasteiger partial charge on any atom is 0.338 e. The standard InChI is InChI=1S/C36H52O10Si.C35H50O10Si.C4H8O/c1-10-47(11-2,12-3)46-25-18-26-35(20-43-26,45-22(5)37)29-31(44-32(40)23-16-14-13-15-17-23)36(41)19-24(38)21(4)27(33(36,6)7)28(42-9)30(39)34(25,29)8;1-9-46(10-2,11-3)45-24-17-25-34(19-42-25,44-21(5)36)28-30(43-31(40)22-15-13-12-14-16-22)35(41)18-23(37)20(4)26(32(35,6)7)27(38)29(39)33(24,28)8;1-2-4-5-3-1/h13-17,24-26,28-29,31,38,41H,10-12,18-20H2,1-9H3;12-16,23-25,27-28,30,37-38,41H,9-11,17-19H2,1-8H3;1-4H2/t24-,25-,26+,28+,29-,31-,34+,35-,36+;23-,24-,25+,27+,28-,30-,33+,34-,35+;/m00./s1/i9D3;;. The number of esters is 4. The second kappa shape index (κ2) is 28.8. The lowest BCUT2D eigenvalue weighted by Gasteiger charge is -2.68. The first-order chi connectivity index (χ1) is 47.2. The first-order valence-corrected chi connectivity index (χ1v) is 40.5. The highest BCUT2D eigenvalue weighted by Gasteiger charge is 2.81. The molecule has 3 saturated heterocycles. The minimum Gasteiger partial charge on any atom is -0.455 e. The van der Waals surface area contributed by atoms with Gasteiger partial charge in [-0.3, -0.25) is 19.2 Å². The van der Waals surface area contributed by atoms with Gasteiger partial charge in [0, 0.05) is 70.6 Å². The third-order valence-electron chi connectivity index (χ3n) is 25.4. The number of methoxy groups -OCH3 is 1. The van der Waals surface area contributed by atoms with Gasteiger partial charge in [-0.25, -0.2) is 9.59 Å². The number of fused-ring (bicyclic) bond motifs is 10. The normalized spacial score (nSPS) is 38.0. The third kappa shape index (κ3) is 12.4. The summed E-state index contributed by atoms with van der Waals surface area (Å²) < 4.78 is 86.8. The van der Waals surface area contributed by atoms with Crippen LogP contribution in [0.1, 0.15) is 174 Å². The van der Waals surface area contributed by atoms with Crippen molar-refractivity contribution in [3.05, 3.63) is 94.1 Å². The SMILES string of the molecule is C1CCOC1.CC[Si](CC)(CC)O[C@H]1C[C@H]2OC[C@@]2(OC(C)=O)[C@H]2[C@H](OC(=O)c3ccccc3)[C@]3(O)C[C@H](O)C(C)=C([C@@H](O)C(=O)[C@]12C)C3(C)C.[2H]C([2H])([2H])O[C@H]1C(=O)[C@]2(C)[C@@H](O[Si](CC)(CC)CC)C[C@H]3OC[C@@]3(OC(C)=O)[C@H]2[C@H](OC(=O)c2ccccc2)[C@]2(O)C[C@H](O)C(C)=C1C2(C)C. The fraction of sp³-hybridized carbons (Fsp3) is 0.707. The molecule has 7 fully saturated rings. The number of carbonyl (C=O) groups excluding carboxylic acids is 6. The summed E-state index contributed by atoms with van der Waals surface area (Å²) in [5, 5.41) is 61.4.